The summed E-state index contributed by atoms with van der Waals surface area (Å²) in [4.78, 5) is 22.2. The van der Waals surface area contributed by atoms with E-state index in [0.717, 1.165) is 24.5 Å². The fraction of sp³-hybridized carbons (Fsp3) is 0.474. The average Bonchev–Trinajstić information content (AvgIpc) is 3.20. The molecule has 1 atom stereocenters. The molecule has 0 spiro atoms. The van der Waals surface area contributed by atoms with Crippen molar-refractivity contribution >= 4 is 23.2 Å². The first kappa shape index (κ1) is 17.7. The van der Waals surface area contributed by atoms with Crippen LogP contribution in [0.2, 0.25) is 0 Å². The number of thiophene rings is 1. The molecular weight excluding hydrogens is 332 g/mol. The molecule has 6 heteroatoms. The van der Waals surface area contributed by atoms with Gasteiger partial charge in [0.05, 0.1) is 6.04 Å². The Balaban J connectivity index is 1.56. The van der Waals surface area contributed by atoms with Gasteiger partial charge in [-0.05, 0) is 55.3 Å². The molecule has 25 heavy (non-hydrogen) atoms. The molecule has 0 saturated carbocycles. The van der Waals surface area contributed by atoms with Gasteiger partial charge in [-0.1, -0.05) is 6.07 Å². The molecule has 5 nitrogen and oxygen atoms in total. The molecule has 1 fully saturated rings. The predicted molar refractivity (Wildman–Crippen MR) is 103 cm³/mol. The second kappa shape index (κ2) is 8.34. The summed E-state index contributed by atoms with van der Waals surface area (Å²) < 4.78 is 0. The quantitative estimate of drug-likeness (QED) is 0.878. The van der Waals surface area contributed by atoms with Gasteiger partial charge >= 0.3 is 6.03 Å². The molecular formula is C19H26N4OS. The Morgan fingerprint density at radius 3 is 2.88 bits per heavy atom. The monoisotopic (exact) mass is 358 g/mol. The van der Waals surface area contributed by atoms with Gasteiger partial charge in [-0.2, -0.15) is 0 Å². The standard InChI is InChI=1S/C19H26N4OS/c1-15(17-7-6-12-25-17)22(2)19(24)21-14-16-8-9-20-18(13-16)23-10-4-3-5-11-23/h6-9,12-13,15H,3-5,10-11,14H2,1-2H3,(H,21,24). The highest BCUT2D eigenvalue weighted by Crippen LogP contribution is 2.23. The lowest BCUT2D eigenvalue weighted by atomic mass is 10.1. The van der Waals surface area contributed by atoms with Gasteiger partial charge in [0.15, 0.2) is 0 Å². The van der Waals surface area contributed by atoms with Crippen LogP contribution in [0.3, 0.4) is 0 Å². The van der Waals surface area contributed by atoms with Gasteiger partial charge in [0.25, 0.3) is 0 Å². The molecule has 2 aromatic rings. The van der Waals surface area contributed by atoms with Crippen molar-refractivity contribution < 1.29 is 4.79 Å². The fourth-order valence-corrected chi connectivity index (χ4v) is 3.89. The van der Waals surface area contributed by atoms with Crippen molar-refractivity contribution in [1.29, 1.82) is 0 Å². The smallest absolute Gasteiger partial charge is 0.317 e. The molecule has 1 aliphatic heterocycles. The highest BCUT2D eigenvalue weighted by molar-refractivity contribution is 7.10. The molecule has 0 bridgehead atoms. The maximum Gasteiger partial charge on any atom is 0.317 e. The maximum atomic E-state index is 12.4. The van der Waals surface area contributed by atoms with Crippen molar-refractivity contribution in [3.63, 3.8) is 0 Å². The zero-order valence-electron chi connectivity index (χ0n) is 14.9. The van der Waals surface area contributed by atoms with Crippen molar-refractivity contribution in [2.75, 3.05) is 25.0 Å². The van der Waals surface area contributed by atoms with Crippen molar-refractivity contribution in [3.8, 4) is 0 Å². The number of aromatic nitrogens is 1. The van der Waals surface area contributed by atoms with E-state index in [1.165, 1.54) is 24.1 Å². The molecule has 1 unspecified atom stereocenters. The normalized spacial score (nSPS) is 15.7. The lowest BCUT2D eigenvalue weighted by molar-refractivity contribution is 0.194. The third-order valence-corrected chi connectivity index (χ3v) is 5.83. The van der Waals surface area contributed by atoms with Gasteiger partial charge in [-0.25, -0.2) is 9.78 Å². The van der Waals surface area contributed by atoms with Gasteiger partial charge in [0.2, 0.25) is 0 Å². The van der Waals surface area contributed by atoms with E-state index in [1.807, 2.05) is 37.7 Å². The van der Waals surface area contributed by atoms with Crippen molar-refractivity contribution in [1.82, 2.24) is 15.2 Å². The second-order valence-electron chi connectivity index (χ2n) is 6.53. The van der Waals surface area contributed by atoms with E-state index in [0.29, 0.717) is 6.54 Å². The number of pyridine rings is 1. The van der Waals surface area contributed by atoms with Crippen LogP contribution >= 0.6 is 11.3 Å². The minimum Gasteiger partial charge on any atom is -0.357 e. The number of amides is 2. The topological polar surface area (TPSA) is 48.5 Å². The SMILES string of the molecule is CC(c1cccs1)N(C)C(=O)NCc1ccnc(N2CCCCC2)c1. The molecule has 1 aliphatic rings. The van der Waals surface area contributed by atoms with E-state index in [2.05, 4.69) is 27.3 Å². The summed E-state index contributed by atoms with van der Waals surface area (Å²) in [5, 5.41) is 5.06. The Kier molecular flexibility index (Phi) is 5.91. The Bertz CT molecular complexity index is 682. The number of nitrogens with zero attached hydrogens (tertiary/aromatic N) is 3. The minimum absolute atomic E-state index is 0.0581. The number of rotatable bonds is 5. The number of urea groups is 1. The molecule has 1 N–H and O–H groups in total. The van der Waals surface area contributed by atoms with Crippen molar-refractivity contribution in [2.24, 2.45) is 0 Å². The summed E-state index contributed by atoms with van der Waals surface area (Å²) in [6.45, 7) is 4.71. The van der Waals surface area contributed by atoms with E-state index in [9.17, 15) is 4.79 Å². The molecule has 0 aromatic carbocycles. The number of hydrogen-bond acceptors (Lipinski definition) is 4. The Hall–Kier alpha value is -2.08. The highest BCUT2D eigenvalue weighted by atomic mass is 32.1. The zero-order valence-corrected chi connectivity index (χ0v) is 15.8. The van der Waals surface area contributed by atoms with Crippen LogP contribution in [0.4, 0.5) is 10.6 Å². The van der Waals surface area contributed by atoms with Crippen LogP contribution in [0, 0.1) is 0 Å². The fourth-order valence-electron chi connectivity index (χ4n) is 3.06. The number of anilines is 1. The van der Waals surface area contributed by atoms with Crippen molar-refractivity contribution in [3.05, 3.63) is 46.3 Å². The lowest BCUT2D eigenvalue weighted by Crippen LogP contribution is -2.38. The Morgan fingerprint density at radius 2 is 2.16 bits per heavy atom. The molecule has 3 heterocycles. The number of hydrogen-bond donors (Lipinski definition) is 1. The predicted octanol–water partition coefficient (Wildman–Crippen LogP) is 4.04. The van der Waals surface area contributed by atoms with E-state index in [-0.39, 0.29) is 12.1 Å². The van der Waals surface area contributed by atoms with Crippen LogP contribution < -0.4 is 10.2 Å². The van der Waals surface area contributed by atoms with Crippen LogP contribution in [0.25, 0.3) is 0 Å². The first-order valence-corrected chi connectivity index (χ1v) is 9.77. The minimum atomic E-state index is -0.0581. The third-order valence-electron chi connectivity index (χ3n) is 4.79. The van der Waals surface area contributed by atoms with Crippen LogP contribution in [-0.2, 0) is 6.54 Å². The summed E-state index contributed by atoms with van der Waals surface area (Å²) in [7, 11) is 1.84. The van der Waals surface area contributed by atoms with Gasteiger partial charge in [0, 0.05) is 37.8 Å². The number of carbonyl (C=O) groups is 1. The molecule has 2 aromatic heterocycles. The number of nitrogens with one attached hydrogen (secondary N) is 1. The first-order valence-electron chi connectivity index (χ1n) is 8.89. The zero-order chi connectivity index (χ0) is 17.6. The Morgan fingerprint density at radius 1 is 1.36 bits per heavy atom. The average molecular weight is 359 g/mol. The van der Waals surface area contributed by atoms with E-state index < -0.39 is 0 Å². The van der Waals surface area contributed by atoms with Crippen LogP contribution in [-0.4, -0.2) is 36.1 Å². The molecule has 134 valence electrons. The summed E-state index contributed by atoms with van der Waals surface area (Å²) in [5.74, 6) is 1.02. The van der Waals surface area contributed by atoms with E-state index in [1.54, 1.807) is 16.2 Å². The number of carbonyl (C=O) groups excluding carboxylic acids is 1. The van der Waals surface area contributed by atoms with Crippen LogP contribution in [0.15, 0.2) is 35.8 Å². The second-order valence-corrected chi connectivity index (χ2v) is 7.51. The maximum absolute atomic E-state index is 12.4. The highest BCUT2D eigenvalue weighted by Gasteiger charge is 2.18. The lowest BCUT2D eigenvalue weighted by Gasteiger charge is -2.28. The summed E-state index contributed by atoms with van der Waals surface area (Å²) >= 11 is 1.67. The summed E-state index contributed by atoms with van der Waals surface area (Å²) in [6.07, 6.45) is 5.60. The third kappa shape index (κ3) is 4.51. The van der Waals surface area contributed by atoms with Gasteiger partial charge in [-0.3, -0.25) is 0 Å². The number of piperidine rings is 1. The van der Waals surface area contributed by atoms with Crippen molar-refractivity contribution in [2.45, 2.75) is 38.8 Å². The molecule has 1 saturated heterocycles. The molecule has 0 aliphatic carbocycles. The molecule has 0 radical (unpaired) electrons. The molecule has 3 rings (SSSR count). The van der Waals surface area contributed by atoms with Crippen LogP contribution in [0.1, 0.15) is 42.7 Å². The molecule has 2 amide bonds. The Labute approximate surface area is 153 Å². The summed E-state index contributed by atoms with van der Waals surface area (Å²) in [5.41, 5.74) is 1.08. The summed E-state index contributed by atoms with van der Waals surface area (Å²) in [6, 6.07) is 8.15. The largest absolute Gasteiger partial charge is 0.357 e. The first-order chi connectivity index (χ1) is 12.1. The van der Waals surface area contributed by atoms with Gasteiger partial charge in [-0.15, -0.1) is 11.3 Å². The van der Waals surface area contributed by atoms with E-state index in [4.69, 9.17) is 0 Å². The van der Waals surface area contributed by atoms with Gasteiger partial charge < -0.3 is 15.1 Å². The van der Waals surface area contributed by atoms with E-state index >= 15 is 0 Å². The van der Waals surface area contributed by atoms with Crippen LogP contribution in [0.5, 0.6) is 0 Å². The van der Waals surface area contributed by atoms with Gasteiger partial charge in [0.1, 0.15) is 5.82 Å².